The van der Waals surface area contributed by atoms with Gasteiger partial charge < -0.3 is 5.11 Å². The van der Waals surface area contributed by atoms with Crippen LogP contribution in [-0.2, 0) is 0 Å². The lowest BCUT2D eigenvalue weighted by molar-refractivity contribution is 0.221. The van der Waals surface area contributed by atoms with Crippen LogP contribution in [0.2, 0.25) is 0 Å². The average molecular weight is 148 g/mol. The summed E-state index contributed by atoms with van der Waals surface area (Å²) in [5, 5.41) is 8.73. The molecule has 0 aliphatic rings. The number of aliphatic hydroxyl groups is 1. The van der Waals surface area contributed by atoms with E-state index in [4.69, 9.17) is 5.11 Å². The monoisotopic (exact) mass is 148 g/mol. The summed E-state index contributed by atoms with van der Waals surface area (Å²) in [5.74, 6) is 1.87. The molecule has 0 aromatic carbocycles. The molecule has 1 N–H and O–H groups in total. The van der Waals surface area contributed by atoms with Gasteiger partial charge in [0.05, 0.1) is 0 Å². The van der Waals surface area contributed by atoms with Crippen LogP contribution in [0, 0.1) is 11.8 Å². The van der Waals surface area contributed by atoms with Crippen LogP contribution in [0.4, 0.5) is 0 Å². The van der Waals surface area contributed by atoms with Crippen LogP contribution in [0.5, 0.6) is 0 Å². The standard InChI is InChI=1S/C7H16OS/c1-6(2)3-7(4-8)5-9/h6-9H,3-5H2,1-2H3. The van der Waals surface area contributed by atoms with Crippen LogP contribution in [0.1, 0.15) is 20.3 Å². The SMILES string of the molecule is CC(C)CC(CO)CS. The minimum absolute atomic E-state index is 0.279. The molecule has 1 nitrogen and oxygen atoms in total. The van der Waals surface area contributed by atoms with Gasteiger partial charge in [0.2, 0.25) is 0 Å². The van der Waals surface area contributed by atoms with Crippen LogP contribution in [0.15, 0.2) is 0 Å². The summed E-state index contributed by atoms with van der Waals surface area (Å²) in [6.45, 7) is 4.60. The van der Waals surface area contributed by atoms with Crippen molar-refractivity contribution >= 4 is 12.6 Å². The van der Waals surface area contributed by atoms with Crippen LogP contribution in [0.3, 0.4) is 0 Å². The van der Waals surface area contributed by atoms with Crippen molar-refractivity contribution in [2.24, 2.45) is 11.8 Å². The lowest BCUT2D eigenvalue weighted by Gasteiger charge is -2.12. The fraction of sp³-hybridized carbons (Fsp3) is 1.00. The molecular formula is C7H16OS. The molecule has 0 bridgehead atoms. The molecule has 1 unspecified atom stereocenters. The van der Waals surface area contributed by atoms with E-state index in [0.717, 1.165) is 12.2 Å². The first-order valence-electron chi connectivity index (χ1n) is 3.42. The average Bonchev–Trinajstić information content (AvgIpc) is 1.82. The third kappa shape index (κ3) is 4.79. The predicted octanol–water partition coefficient (Wildman–Crippen LogP) is 1.57. The first-order valence-corrected chi connectivity index (χ1v) is 4.05. The van der Waals surface area contributed by atoms with Crippen molar-refractivity contribution in [3.8, 4) is 0 Å². The van der Waals surface area contributed by atoms with Crippen molar-refractivity contribution in [2.45, 2.75) is 20.3 Å². The van der Waals surface area contributed by atoms with E-state index < -0.39 is 0 Å². The zero-order chi connectivity index (χ0) is 7.28. The minimum Gasteiger partial charge on any atom is -0.396 e. The maximum Gasteiger partial charge on any atom is 0.0467 e. The van der Waals surface area contributed by atoms with Gasteiger partial charge >= 0.3 is 0 Å². The van der Waals surface area contributed by atoms with Gasteiger partial charge in [-0.3, -0.25) is 0 Å². The minimum atomic E-state index is 0.279. The van der Waals surface area contributed by atoms with E-state index in [0.29, 0.717) is 11.8 Å². The first kappa shape index (κ1) is 9.31. The van der Waals surface area contributed by atoms with E-state index in [2.05, 4.69) is 26.5 Å². The zero-order valence-electron chi connectivity index (χ0n) is 6.17. The van der Waals surface area contributed by atoms with Crippen LogP contribution < -0.4 is 0 Å². The van der Waals surface area contributed by atoms with Crippen molar-refractivity contribution in [1.82, 2.24) is 0 Å². The van der Waals surface area contributed by atoms with Crippen molar-refractivity contribution in [1.29, 1.82) is 0 Å². The van der Waals surface area contributed by atoms with Gasteiger partial charge in [-0.2, -0.15) is 12.6 Å². The predicted molar refractivity (Wildman–Crippen MR) is 43.9 cm³/mol. The van der Waals surface area contributed by atoms with E-state index in [-0.39, 0.29) is 6.61 Å². The number of rotatable bonds is 4. The van der Waals surface area contributed by atoms with E-state index in [1.54, 1.807) is 0 Å². The quantitative estimate of drug-likeness (QED) is 0.580. The molecule has 0 aromatic heterocycles. The van der Waals surface area contributed by atoms with E-state index in [1.807, 2.05) is 0 Å². The summed E-state index contributed by atoms with van der Waals surface area (Å²) in [6, 6.07) is 0. The number of thiol groups is 1. The summed E-state index contributed by atoms with van der Waals surface area (Å²) in [6.07, 6.45) is 1.08. The molecule has 56 valence electrons. The van der Waals surface area contributed by atoms with Gasteiger partial charge in [-0.15, -0.1) is 0 Å². The summed E-state index contributed by atoms with van der Waals surface area (Å²) in [4.78, 5) is 0. The van der Waals surface area contributed by atoms with Gasteiger partial charge in [0.25, 0.3) is 0 Å². The highest BCUT2D eigenvalue weighted by Gasteiger charge is 2.06. The fourth-order valence-electron chi connectivity index (χ4n) is 0.873. The fourth-order valence-corrected chi connectivity index (χ4v) is 1.14. The highest BCUT2D eigenvalue weighted by molar-refractivity contribution is 7.80. The van der Waals surface area contributed by atoms with Gasteiger partial charge in [0.1, 0.15) is 0 Å². The van der Waals surface area contributed by atoms with Gasteiger partial charge in [0, 0.05) is 6.61 Å². The van der Waals surface area contributed by atoms with Gasteiger partial charge in [-0.05, 0) is 24.0 Å². The molecule has 0 spiro atoms. The molecular weight excluding hydrogens is 132 g/mol. The Labute approximate surface area is 62.9 Å². The summed E-state index contributed by atoms with van der Waals surface area (Å²) in [5.41, 5.74) is 0. The normalized spacial score (nSPS) is 14.3. The second kappa shape index (κ2) is 5.12. The first-order chi connectivity index (χ1) is 4.20. The van der Waals surface area contributed by atoms with Crippen molar-refractivity contribution in [3.63, 3.8) is 0 Å². The maximum absolute atomic E-state index is 8.73. The Hall–Kier alpha value is 0.310. The lowest BCUT2D eigenvalue weighted by Crippen LogP contribution is -2.10. The number of hydrogen-bond acceptors (Lipinski definition) is 2. The Morgan fingerprint density at radius 1 is 1.44 bits per heavy atom. The van der Waals surface area contributed by atoms with Crippen LogP contribution in [0.25, 0.3) is 0 Å². The molecule has 9 heavy (non-hydrogen) atoms. The highest BCUT2D eigenvalue weighted by atomic mass is 32.1. The second-order valence-electron chi connectivity index (χ2n) is 2.86. The molecule has 1 atom stereocenters. The van der Waals surface area contributed by atoms with Gasteiger partial charge in [0.15, 0.2) is 0 Å². The lowest BCUT2D eigenvalue weighted by atomic mass is 10.00. The Morgan fingerprint density at radius 3 is 2.11 bits per heavy atom. The Kier molecular flexibility index (Phi) is 5.30. The van der Waals surface area contributed by atoms with E-state index in [9.17, 15) is 0 Å². The third-order valence-corrected chi connectivity index (χ3v) is 1.84. The molecule has 0 heterocycles. The molecule has 2 heteroatoms. The van der Waals surface area contributed by atoms with Crippen molar-refractivity contribution < 1.29 is 5.11 Å². The summed E-state index contributed by atoms with van der Waals surface area (Å²) >= 11 is 4.11. The smallest absolute Gasteiger partial charge is 0.0467 e. The summed E-state index contributed by atoms with van der Waals surface area (Å²) in [7, 11) is 0. The molecule has 0 aromatic rings. The maximum atomic E-state index is 8.73. The van der Waals surface area contributed by atoms with Crippen LogP contribution >= 0.6 is 12.6 Å². The molecule has 0 aliphatic carbocycles. The molecule has 0 aliphatic heterocycles. The number of hydrogen-bond donors (Lipinski definition) is 2. The molecule has 0 saturated carbocycles. The van der Waals surface area contributed by atoms with Crippen LogP contribution in [-0.4, -0.2) is 17.5 Å². The topological polar surface area (TPSA) is 20.2 Å². The highest BCUT2D eigenvalue weighted by Crippen LogP contribution is 2.11. The largest absolute Gasteiger partial charge is 0.396 e. The van der Waals surface area contributed by atoms with E-state index in [1.165, 1.54) is 0 Å². The molecule has 0 radical (unpaired) electrons. The van der Waals surface area contributed by atoms with Crippen molar-refractivity contribution in [2.75, 3.05) is 12.4 Å². The summed E-state index contributed by atoms with van der Waals surface area (Å²) < 4.78 is 0. The Morgan fingerprint density at radius 2 is 2.00 bits per heavy atom. The number of aliphatic hydroxyl groups excluding tert-OH is 1. The van der Waals surface area contributed by atoms with Crippen molar-refractivity contribution in [3.05, 3.63) is 0 Å². The van der Waals surface area contributed by atoms with Gasteiger partial charge in [-0.25, -0.2) is 0 Å². The molecule has 0 rings (SSSR count). The molecule has 0 fully saturated rings. The molecule has 0 saturated heterocycles. The Bertz CT molecular complexity index is 59.9. The Balaban J connectivity index is 3.31. The third-order valence-electron chi connectivity index (χ3n) is 1.32. The van der Waals surface area contributed by atoms with Gasteiger partial charge in [-0.1, -0.05) is 13.8 Å². The zero-order valence-corrected chi connectivity index (χ0v) is 7.06. The molecule has 0 amide bonds. The van der Waals surface area contributed by atoms with E-state index >= 15 is 0 Å². The second-order valence-corrected chi connectivity index (χ2v) is 3.23.